The summed E-state index contributed by atoms with van der Waals surface area (Å²) in [5.41, 5.74) is 3.10. The molecule has 2 amide bonds. The molecule has 0 radical (unpaired) electrons. The predicted molar refractivity (Wildman–Crippen MR) is 168 cm³/mol. The average Bonchev–Trinajstić information content (AvgIpc) is 3.74. The first-order valence-corrected chi connectivity index (χ1v) is 15.0. The van der Waals surface area contributed by atoms with Gasteiger partial charge in [0.2, 0.25) is 5.88 Å². The first-order chi connectivity index (χ1) is 21.0. The van der Waals surface area contributed by atoms with Crippen LogP contribution in [0.15, 0.2) is 60.3 Å². The second-order valence-electron chi connectivity index (χ2n) is 11.7. The van der Waals surface area contributed by atoms with Gasteiger partial charge in [0.15, 0.2) is 12.5 Å². The molecule has 2 saturated heterocycles. The molecule has 0 bridgehead atoms. The lowest BCUT2D eigenvalue weighted by Gasteiger charge is -2.20. The molecular formula is C32H33Cl2N5O5. The van der Waals surface area contributed by atoms with Gasteiger partial charge in [-0.25, -0.2) is 4.98 Å². The van der Waals surface area contributed by atoms with Crippen molar-refractivity contribution in [3.8, 4) is 28.3 Å². The highest BCUT2D eigenvalue weighted by atomic mass is 35.5. The van der Waals surface area contributed by atoms with Gasteiger partial charge in [0.1, 0.15) is 5.57 Å². The number of β-amino-alcohol motifs (C(OH)–C–C–N with tert-alkyl or cyclic N) is 1. The number of carbonyl (C=O) groups is 2. The van der Waals surface area contributed by atoms with Gasteiger partial charge in [-0.2, -0.15) is 0 Å². The molecule has 10 nitrogen and oxygen atoms in total. The number of aliphatic hydroxyl groups is 1. The maximum absolute atomic E-state index is 13.3. The molecule has 3 aliphatic heterocycles. The van der Waals surface area contributed by atoms with Gasteiger partial charge in [-0.1, -0.05) is 59.6 Å². The standard InChI is InChI=1S/C32H33Cl2N5O5/c1-32(42)13-14-39(17-32)15-18-11-12-23(36-28(18)43-4)21-9-5-7-19(25(21)33)20-8-6-10-24(26(20)34)35-27(40)22-16-37(2)30-31(44-30)38(3)29(22)41/h5-12,16,30-31,42H,13-15,17H2,1-4H3,(H,35,40)/t30?,31?,32-/m1/s1. The van der Waals surface area contributed by atoms with Gasteiger partial charge in [0, 0.05) is 62.2 Å². The van der Waals surface area contributed by atoms with Crippen molar-refractivity contribution in [1.82, 2.24) is 19.7 Å². The zero-order valence-electron chi connectivity index (χ0n) is 24.8. The second-order valence-corrected chi connectivity index (χ2v) is 12.4. The van der Waals surface area contributed by atoms with Crippen LogP contribution < -0.4 is 10.1 Å². The molecule has 2 unspecified atom stereocenters. The Bertz CT molecular complexity index is 1680. The van der Waals surface area contributed by atoms with E-state index in [0.29, 0.717) is 52.1 Å². The lowest BCUT2D eigenvalue weighted by molar-refractivity contribution is -0.129. The smallest absolute Gasteiger partial charge is 0.262 e. The summed E-state index contributed by atoms with van der Waals surface area (Å²) >= 11 is 13.8. The van der Waals surface area contributed by atoms with Crippen molar-refractivity contribution in [3.63, 3.8) is 0 Å². The Hall–Kier alpha value is -3.67. The normalized spacial score (nSPS) is 23.2. The van der Waals surface area contributed by atoms with Crippen molar-refractivity contribution in [1.29, 1.82) is 0 Å². The summed E-state index contributed by atoms with van der Waals surface area (Å²) in [5, 5.41) is 13.8. The summed E-state index contributed by atoms with van der Waals surface area (Å²) < 4.78 is 11.1. The number of likely N-dealkylation sites (tertiary alicyclic amines) is 1. The van der Waals surface area contributed by atoms with E-state index in [1.54, 1.807) is 38.2 Å². The minimum Gasteiger partial charge on any atom is -0.481 e. The average molecular weight is 639 g/mol. The number of rotatable bonds is 7. The molecule has 3 aliphatic rings. The van der Waals surface area contributed by atoms with Crippen LogP contribution in [0.25, 0.3) is 22.4 Å². The minimum atomic E-state index is -0.691. The van der Waals surface area contributed by atoms with Crippen molar-refractivity contribution in [3.05, 3.63) is 75.9 Å². The number of pyridine rings is 1. The van der Waals surface area contributed by atoms with Gasteiger partial charge in [-0.05, 0) is 25.5 Å². The Morgan fingerprint density at radius 3 is 2.50 bits per heavy atom. The quantitative estimate of drug-likeness (QED) is 0.286. The van der Waals surface area contributed by atoms with Crippen molar-refractivity contribution < 1.29 is 24.2 Å². The van der Waals surface area contributed by atoms with Crippen LogP contribution in [-0.2, 0) is 20.9 Å². The van der Waals surface area contributed by atoms with E-state index in [-0.39, 0.29) is 23.1 Å². The molecule has 0 spiro atoms. The van der Waals surface area contributed by atoms with E-state index in [0.717, 1.165) is 18.5 Å². The van der Waals surface area contributed by atoms with Crippen LogP contribution in [0.2, 0.25) is 10.0 Å². The molecule has 2 N–H and O–H groups in total. The second kappa shape index (κ2) is 11.7. The number of methoxy groups -OCH3 is 1. The zero-order valence-corrected chi connectivity index (χ0v) is 26.3. The fraction of sp³-hybridized carbons (Fsp3) is 0.344. The van der Waals surface area contributed by atoms with Gasteiger partial charge in [0.05, 0.1) is 34.1 Å². The number of nitrogens with zero attached hydrogens (tertiary/aromatic N) is 4. The van der Waals surface area contributed by atoms with Crippen LogP contribution >= 0.6 is 23.2 Å². The van der Waals surface area contributed by atoms with Crippen molar-refractivity contribution in [2.24, 2.45) is 0 Å². The number of anilines is 1. The molecule has 4 heterocycles. The van der Waals surface area contributed by atoms with Gasteiger partial charge in [-0.15, -0.1) is 0 Å². The number of fused-ring (bicyclic) bond motifs is 1. The summed E-state index contributed by atoms with van der Waals surface area (Å²) in [6.07, 6.45) is 1.55. The number of likely N-dealkylation sites (N-methyl/N-ethyl adjacent to an activating group) is 2. The molecule has 3 atom stereocenters. The predicted octanol–water partition coefficient (Wildman–Crippen LogP) is 4.60. The van der Waals surface area contributed by atoms with E-state index in [2.05, 4.69) is 10.2 Å². The molecule has 0 aliphatic carbocycles. The Balaban J connectivity index is 1.26. The summed E-state index contributed by atoms with van der Waals surface area (Å²) in [5.74, 6) is -0.535. The number of hydrogen-bond acceptors (Lipinski definition) is 8. The Kier molecular flexibility index (Phi) is 8.06. The number of epoxide rings is 1. The number of amides is 2. The third kappa shape index (κ3) is 5.76. The zero-order chi connectivity index (χ0) is 31.3. The van der Waals surface area contributed by atoms with Crippen LogP contribution in [0.5, 0.6) is 5.88 Å². The fourth-order valence-corrected chi connectivity index (χ4v) is 6.37. The molecule has 0 saturated carbocycles. The van der Waals surface area contributed by atoms with Crippen LogP contribution in [-0.4, -0.2) is 89.0 Å². The van der Waals surface area contributed by atoms with Gasteiger partial charge in [0.25, 0.3) is 11.8 Å². The summed E-state index contributed by atoms with van der Waals surface area (Å²) in [6.45, 7) is 3.84. The monoisotopic (exact) mass is 637 g/mol. The van der Waals surface area contributed by atoms with Gasteiger partial charge < -0.3 is 29.7 Å². The number of carbonyl (C=O) groups excluding carboxylic acids is 2. The Morgan fingerprint density at radius 1 is 1.09 bits per heavy atom. The molecule has 2 aromatic carbocycles. The summed E-state index contributed by atoms with van der Waals surface area (Å²) in [4.78, 5) is 36.3. The van der Waals surface area contributed by atoms with Gasteiger partial charge >= 0.3 is 0 Å². The third-order valence-electron chi connectivity index (χ3n) is 8.23. The number of ether oxygens (including phenoxy) is 2. The van der Waals surface area contributed by atoms with E-state index in [4.69, 9.17) is 37.7 Å². The van der Waals surface area contributed by atoms with Crippen molar-refractivity contribution in [2.45, 2.75) is 37.9 Å². The molecule has 3 aromatic rings. The Morgan fingerprint density at radius 2 is 1.80 bits per heavy atom. The van der Waals surface area contributed by atoms with E-state index in [1.165, 1.54) is 11.1 Å². The van der Waals surface area contributed by atoms with E-state index in [1.807, 2.05) is 43.3 Å². The highest BCUT2D eigenvalue weighted by Gasteiger charge is 2.50. The fourth-order valence-electron chi connectivity index (χ4n) is 5.77. The van der Waals surface area contributed by atoms with Gasteiger partial charge in [-0.3, -0.25) is 14.5 Å². The molecule has 44 heavy (non-hydrogen) atoms. The van der Waals surface area contributed by atoms with Crippen molar-refractivity contribution >= 4 is 40.7 Å². The highest BCUT2D eigenvalue weighted by molar-refractivity contribution is 6.40. The highest BCUT2D eigenvalue weighted by Crippen LogP contribution is 2.42. The molecule has 2 fully saturated rings. The molecule has 230 valence electrons. The maximum atomic E-state index is 13.3. The van der Waals surface area contributed by atoms with Crippen LogP contribution in [0.4, 0.5) is 5.69 Å². The number of hydrogen-bond donors (Lipinski definition) is 2. The molecule has 1 aromatic heterocycles. The lowest BCUT2D eigenvalue weighted by atomic mass is 10.00. The van der Waals surface area contributed by atoms with Crippen molar-refractivity contribution in [2.75, 3.05) is 39.6 Å². The topological polar surface area (TPSA) is 111 Å². The number of aromatic nitrogens is 1. The molecule has 6 rings (SSSR count). The number of nitrogens with one attached hydrogen (secondary N) is 1. The SMILES string of the molecule is COc1nc(-c2cccc(-c3cccc(NC(=O)C4=CN(C)C5OC5N(C)C4=O)c3Cl)c2Cl)ccc1CN1CC[C@@](C)(O)C1. The summed E-state index contributed by atoms with van der Waals surface area (Å²) in [7, 11) is 4.94. The van der Waals surface area contributed by atoms with Crippen LogP contribution in [0.1, 0.15) is 18.9 Å². The Labute approximate surface area is 265 Å². The third-order valence-corrected chi connectivity index (χ3v) is 9.04. The number of halogens is 2. The van der Waals surface area contributed by atoms with E-state index in [9.17, 15) is 14.7 Å². The first kappa shape index (κ1) is 30.4. The van der Waals surface area contributed by atoms with Crippen LogP contribution in [0.3, 0.4) is 0 Å². The van der Waals surface area contributed by atoms with Crippen LogP contribution in [0, 0.1) is 0 Å². The van der Waals surface area contributed by atoms with E-state index < -0.39 is 17.4 Å². The first-order valence-electron chi connectivity index (χ1n) is 14.2. The lowest BCUT2D eigenvalue weighted by Crippen LogP contribution is -2.34. The minimum absolute atomic E-state index is 0.0223. The van der Waals surface area contributed by atoms with E-state index >= 15 is 0 Å². The maximum Gasteiger partial charge on any atom is 0.262 e. The molecular weight excluding hydrogens is 605 g/mol. The number of benzene rings is 2. The summed E-state index contributed by atoms with van der Waals surface area (Å²) in [6, 6.07) is 14.7. The molecule has 12 heteroatoms. The largest absolute Gasteiger partial charge is 0.481 e.